The molecule has 0 aliphatic carbocycles. The number of nitrogens with zero attached hydrogens (tertiary/aromatic N) is 1. The van der Waals surface area contributed by atoms with Crippen LogP contribution in [0.5, 0.6) is 0 Å². The molecule has 0 unspecified atom stereocenters. The number of aliphatic imine (C=N–C) groups is 1. The Hall–Kier alpha value is -0.240. The molecule has 0 spiro atoms. The molecule has 1 nitrogen and oxygen atoms in total. The first-order chi connectivity index (χ1) is 4.04. The van der Waals surface area contributed by atoms with Crippen molar-refractivity contribution in [2.45, 2.75) is 27.7 Å². The highest BCUT2D eigenvalue weighted by molar-refractivity contribution is 7.84. The molecule has 0 heterocycles. The Bertz CT molecular complexity index is 148. The summed E-state index contributed by atoms with van der Waals surface area (Å²) in [6, 6.07) is 0. The molecule has 0 bridgehead atoms. The Morgan fingerprint density at radius 2 is 1.56 bits per heavy atom. The summed E-state index contributed by atoms with van der Waals surface area (Å²) >= 11 is 4.14. The Morgan fingerprint density at radius 1 is 1.11 bits per heavy atom. The SMILES string of the molecule is CC(C)=N/C(C)=C(/C)S. The van der Waals surface area contributed by atoms with Crippen molar-refractivity contribution in [3.63, 3.8) is 0 Å². The summed E-state index contributed by atoms with van der Waals surface area (Å²) in [6.45, 7) is 7.83. The van der Waals surface area contributed by atoms with Gasteiger partial charge in [0.05, 0.1) is 0 Å². The van der Waals surface area contributed by atoms with Crippen molar-refractivity contribution < 1.29 is 0 Å². The van der Waals surface area contributed by atoms with E-state index in [4.69, 9.17) is 0 Å². The van der Waals surface area contributed by atoms with Gasteiger partial charge in [0.15, 0.2) is 0 Å². The molecule has 52 valence electrons. The molecule has 0 aromatic rings. The normalized spacial score (nSPS) is 12.6. The number of thiol groups is 1. The fourth-order valence-electron chi connectivity index (χ4n) is 0.416. The average molecular weight is 143 g/mol. The van der Waals surface area contributed by atoms with Crippen LogP contribution in [0.25, 0.3) is 0 Å². The van der Waals surface area contributed by atoms with Gasteiger partial charge in [-0.1, -0.05) is 0 Å². The lowest BCUT2D eigenvalue weighted by Gasteiger charge is -1.94. The summed E-state index contributed by atoms with van der Waals surface area (Å²) in [5.74, 6) is 0. The Kier molecular flexibility index (Phi) is 3.62. The molecule has 0 amide bonds. The molecule has 0 radical (unpaired) electrons. The van der Waals surface area contributed by atoms with E-state index >= 15 is 0 Å². The van der Waals surface area contributed by atoms with Gasteiger partial charge in [0, 0.05) is 11.4 Å². The van der Waals surface area contributed by atoms with E-state index in [1.165, 1.54) is 0 Å². The number of hydrogen-bond acceptors (Lipinski definition) is 2. The second kappa shape index (κ2) is 3.72. The smallest absolute Gasteiger partial charge is 0.0461 e. The highest BCUT2D eigenvalue weighted by Crippen LogP contribution is 2.07. The van der Waals surface area contributed by atoms with E-state index in [1.807, 2.05) is 27.7 Å². The highest BCUT2D eigenvalue weighted by atomic mass is 32.1. The van der Waals surface area contributed by atoms with Crippen molar-refractivity contribution >= 4 is 18.3 Å². The minimum Gasteiger partial charge on any atom is -0.262 e. The predicted octanol–water partition coefficient (Wildman–Crippen LogP) is 2.65. The van der Waals surface area contributed by atoms with Crippen LogP contribution in [-0.2, 0) is 0 Å². The van der Waals surface area contributed by atoms with E-state index in [-0.39, 0.29) is 0 Å². The van der Waals surface area contributed by atoms with Gasteiger partial charge in [-0.05, 0) is 32.6 Å². The topological polar surface area (TPSA) is 12.4 Å². The van der Waals surface area contributed by atoms with Crippen LogP contribution in [0.2, 0.25) is 0 Å². The maximum Gasteiger partial charge on any atom is 0.0461 e. The van der Waals surface area contributed by atoms with E-state index in [9.17, 15) is 0 Å². The number of allylic oxidation sites excluding steroid dienone is 2. The summed E-state index contributed by atoms with van der Waals surface area (Å²) in [6.07, 6.45) is 0. The van der Waals surface area contributed by atoms with Crippen molar-refractivity contribution in [1.82, 2.24) is 0 Å². The standard InChI is InChI=1S/C7H13NS/c1-5(2)8-6(3)7(4)9/h9H,1-4H3/b7-6-. The molecular formula is C7H13NS. The average Bonchev–Trinajstić information content (AvgIpc) is 1.63. The largest absolute Gasteiger partial charge is 0.262 e. The van der Waals surface area contributed by atoms with Gasteiger partial charge in [-0.2, -0.15) is 0 Å². The molecule has 0 atom stereocenters. The molecule has 0 aromatic carbocycles. The molecule has 0 aliphatic heterocycles. The molecule has 2 heteroatoms. The maximum atomic E-state index is 4.20. The molecule has 0 fully saturated rings. The fourth-order valence-corrected chi connectivity index (χ4v) is 0.466. The fraction of sp³-hybridized carbons (Fsp3) is 0.571. The molecule has 0 aliphatic rings. The predicted molar refractivity (Wildman–Crippen MR) is 46.1 cm³/mol. The first-order valence-corrected chi connectivity index (χ1v) is 3.37. The summed E-state index contributed by atoms with van der Waals surface area (Å²) in [7, 11) is 0. The van der Waals surface area contributed by atoms with E-state index in [2.05, 4.69) is 17.6 Å². The van der Waals surface area contributed by atoms with E-state index in [1.54, 1.807) is 0 Å². The second-order valence-corrected chi connectivity index (χ2v) is 2.90. The number of hydrogen-bond donors (Lipinski definition) is 1. The van der Waals surface area contributed by atoms with E-state index in [0.717, 1.165) is 16.3 Å². The van der Waals surface area contributed by atoms with Gasteiger partial charge in [-0.15, -0.1) is 12.6 Å². The molecule has 9 heavy (non-hydrogen) atoms. The first-order valence-electron chi connectivity index (χ1n) is 2.92. The Balaban J connectivity index is 4.25. The molecule has 0 aromatic heterocycles. The zero-order valence-electron chi connectivity index (χ0n) is 6.39. The van der Waals surface area contributed by atoms with Crippen LogP contribution in [0.4, 0.5) is 0 Å². The maximum absolute atomic E-state index is 4.20. The van der Waals surface area contributed by atoms with E-state index in [0.29, 0.717) is 0 Å². The molecular weight excluding hydrogens is 130 g/mol. The zero-order chi connectivity index (χ0) is 7.44. The summed E-state index contributed by atoms with van der Waals surface area (Å²) < 4.78 is 0. The van der Waals surface area contributed by atoms with E-state index < -0.39 is 0 Å². The van der Waals surface area contributed by atoms with Crippen LogP contribution in [0.3, 0.4) is 0 Å². The first kappa shape index (κ1) is 8.76. The minimum absolute atomic E-state index is 0.983. The van der Waals surface area contributed by atoms with Gasteiger partial charge in [-0.25, -0.2) is 0 Å². The zero-order valence-corrected chi connectivity index (χ0v) is 7.29. The highest BCUT2D eigenvalue weighted by Gasteiger charge is 1.86. The van der Waals surface area contributed by atoms with Crippen molar-refractivity contribution in [2.75, 3.05) is 0 Å². The van der Waals surface area contributed by atoms with Crippen LogP contribution in [0.1, 0.15) is 27.7 Å². The van der Waals surface area contributed by atoms with Gasteiger partial charge < -0.3 is 0 Å². The van der Waals surface area contributed by atoms with Crippen LogP contribution < -0.4 is 0 Å². The number of rotatable bonds is 1. The van der Waals surface area contributed by atoms with Gasteiger partial charge in [0.1, 0.15) is 0 Å². The van der Waals surface area contributed by atoms with Gasteiger partial charge in [0.25, 0.3) is 0 Å². The molecule has 0 saturated heterocycles. The second-order valence-electron chi connectivity index (χ2n) is 2.23. The molecule has 0 N–H and O–H groups in total. The van der Waals surface area contributed by atoms with Crippen molar-refractivity contribution in [3.05, 3.63) is 10.6 Å². The lowest BCUT2D eigenvalue weighted by molar-refractivity contribution is 1.26. The van der Waals surface area contributed by atoms with Gasteiger partial charge in [-0.3, -0.25) is 4.99 Å². The van der Waals surface area contributed by atoms with Crippen molar-refractivity contribution in [2.24, 2.45) is 4.99 Å². The van der Waals surface area contributed by atoms with Crippen molar-refractivity contribution in [3.8, 4) is 0 Å². The van der Waals surface area contributed by atoms with Crippen LogP contribution in [0, 0.1) is 0 Å². The van der Waals surface area contributed by atoms with Gasteiger partial charge >= 0.3 is 0 Å². The van der Waals surface area contributed by atoms with Gasteiger partial charge in [0.2, 0.25) is 0 Å². The monoisotopic (exact) mass is 143 g/mol. The molecule has 0 saturated carbocycles. The minimum atomic E-state index is 0.983. The van der Waals surface area contributed by atoms with Crippen LogP contribution >= 0.6 is 12.6 Å². The summed E-state index contributed by atoms with van der Waals surface area (Å²) in [5.41, 5.74) is 2.07. The summed E-state index contributed by atoms with van der Waals surface area (Å²) in [5, 5.41) is 0. The Morgan fingerprint density at radius 3 is 1.67 bits per heavy atom. The summed E-state index contributed by atoms with van der Waals surface area (Å²) in [4.78, 5) is 5.18. The third kappa shape index (κ3) is 4.28. The third-order valence-electron chi connectivity index (χ3n) is 0.915. The van der Waals surface area contributed by atoms with Crippen LogP contribution in [-0.4, -0.2) is 5.71 Å². The lowest BCUT2D eigenvalue weighted by atomic mass is 10.4. The third-order valence-corrected chi connectivity index (χ3v) is 1.24. The van der Waals surface area contributed by atoms with Crippen molar-refractivity contribution in [1.29, 1.82) is 0 Å². The van der Waals surface area contributed by atoms with Crippen LogP contribution in [0.15, 0.2) is 15.6 Å². The Labute approximate surface area is 62.3 Å². The quantitative estimate of drug-likeness (QED) is 0.428. The lowest BCUT2D eigenvalue weighted by Crippen LogP contribution is -1.81. The molecule has 0 rings (SSSR count).